The number of nitrogens with two attached hydrogens (primary N) is 1. The Balaban J connectivity index is 2.42. The van der Waals surface area contributed by atoms with Crippen molar-refractivity contribution in [2.45, 2.75) is 26.2 Å². The molecule has 1 aromatic carbocycles. The highest BCUT2D eigenvalue weighted by atomic mass is 35.5. The van der Waals surface area contributed by atoms with Crippen LogP contribution < -0.4 is 5.73 Å². The monoisotopic (exact) mass is 266 g/mol. The van der Waals surface area contributed by atoms with Gasteiger partial charge in [-0.05, 0) is 56.5 Å². The van der Waals surface area contributed by atoms with Gasteiger partial charge in [-0.25, -0.2) is 9.37 Å². The number of rotatable bonds is 4. The molecule has 0 aliphatic carbocycles. The fraction of sp³-hybridized carbons (Fsp3) is 0.357. The van der Waals surface area contributed by atoms with Crippen LogP contribution in [0.5, 0.6) is 0 Å². The molecule has 0 amide bonds. The standard InChI is InChI=1S/C14H16ClFN2/c1-9-6-12(15)11-7-10(4-2-3-5-17)8-13(16)14(11)18-9/h6-8H,2-5,17H2,1H3. The number of hydrogen-bond acceptors (Lipinski definition) is 2. The number of aryl methyl sites for hydroxylation is 2. The molecule has 18 heavy (non-hydrogen) atoms. The summed E-state index contributed by atoms with van der Waals surface area (Å²) in [6.07, 6.45) is 2.71. The van der Waals surface area contributed by atoms with E-state index in [2.05, 4.69) is 4.98 Å². The van der Waals surface area contributed by atoms with E-state index in [0.29, 0.717) is 22.5 Å². The summed E-state index contributed by atoms with van der Waals surface area (Å²) in [5.41, 5.74) is 7.47. The van der Waals surface area contributed by atoms with Gasteiger partial charge < -0.3 is 5.73 Å². The fourth-order valence-electron chi connectivity index (χ4n) is 2.04. The topological polar surface area (TPSA) is 38.9 Å². The number of nitrogens with zero attached hydrogens (tertiary/aromatic N) is 1. The van der Waals surface area contributed by atoms with Crippen LogP contribution in [-0.4, -0.2) is 11.5 Å². The van der Waals surface area contributed by atoms with E-state index in [-0.39, 0.29) is 5.82 Å². The van der Waals surface area contributed by atoms with Crippen molar-refractivity contribution in [3.63, 3.8) is 0 Å². The average Bonchev–Trinajstić information content (AvgIpc) is 2.31. The first-order valence-corrected chi connectivity index (χ1v) is 6.45. The normalized spacial score (nSPS) is 11.1. The molecule has 0 spiro atoms. The van der Waals surface area contributed by atoms with Crippen molar-refractivity contribution in [1.29, 1.82) is 0 Å². The van der Waals surface area contributed by atoms with Gasteiger partial charge in [0.15, 0.2) is 0 Å². The van der Waals surface area contributed by atoms with E-state index >= 15 is 0 Å². The summed E-state index contributed by atoms with van der Waals surface area (Å²) in [5.74, 6) is -0.305. The first-order valence-electron chi connectivity index (χ1n) is 6.07. The first kappa shape index (κ1) is 13.2. The van der Waals surface area contributed by atoms with E-state index in [0.717, 1.165) is 30.5 Å². The van der Waals surface area contributed by atoms with E-state index in [1.165, 1.54) is 0 Å². The summed E-state index contributed by atoms with van der Waals surface area (Å²) in [6, 6.07) is 5.22. The average molecular weight is 267 g/mol. The summed E-state index contributed by atoms with van der Waals surface area (Å²) >= 11 is 6.14. The SMILES string of the molecule is Cc1cc(Cl)c2cc(CCCCN)cc(F)c2n1. The summed E-state index contributed by atoms with van der Waals surface area (Å²) in [4.78, 5) is 4.19. The maximum Gasteiger partial charge on any atom is 0.149 e. The second-order valence-electron chi connectivity index (χ2n) is 4.47. The Morgan fingerprint density at radius 2 is 2.06 bits per heavy atom. The highest BCUT2D eigenvalue weighted by Crippen LogP contribution is 2.27. The third kappa shape index (κ3) is 2.79. The zero-order valence-electron chi connectivity index (χ0n) is 10.3. The highest BCUT2D eigenvalue weighted by Gasteiger charge is 2.09. The predicted molar refractivity (Wildman–Crippen MR) is 73.4 cm³/mol. The molecule has 2 N–H and O–H groups in total. The van der Waals surface area contributed by atoms with Crippen LogP contribution in [0.15, 0.2) is 18.2 Å². The third-order valence-electron chi connectivity index (χ3n) is 2.92. The molecule has 0 bridgehead atoms. The number of halogens is 2. The second-order valence-corrected chi connectivity index (χ2v) is 4.87. The lowest BCUT2D eigenvalue weighted by Crippen LogP contribution is -1.99. The lowest BCUT2D eigenvalue weighted by molar-refractivity contribution is 0.632. The lowest BCUT2D eigenvalue weighted by Gasteiger charge is -2.07. The van der Waals surface area contributed by atoms with Crippen molar-refractivity contribution in [2.75, 3.05) is 6.54 Å². The summed E-state index contributed by atoms with van der Waals surface area (Å²) in [6.45, 7) is 2.47. The Morgan fingerprint density at radius 3 is 2.78 bits per heavy atom. The number of benzene rings is 1. The molecule has 0 saturated carbocycles. The molecule has 2 aromatic rings. The van der Waals surface area contributed by atoms with Gasteiger partial charge in [-0.2, -0.15) is 0 Å². The minimum Gasteiger partial charge on any atom is -0.330 e. The minimum atomic E-state index is -0.305. The number of pyridine rings is 1. The van der Waals surface area contributed by atoms with Crippen molar-refractivity contribution in [3.8, 4) is 0 Å². The first-order chi connectivity index (χ1) is 8.61. The Hall–Kier alpha value is -1.19. The van der Waals surface area contributed by atoms with Crippen LogP contribution >= 0.6 is 11.6 Å². The van der Waals surface area contributed by atoms with Crippen LogP contribution in [0.4, 0.5) is 4.39 Å². The lowest BCUT2D eigenvalue weighted by atomic mass is 10.0. The molecule has 0 unspecified atom stereocenters. The van der Waals surface area contributed by atoms with E-state index in [9.17, 15) is 4.39 Å². The van der Waals surface area contributed by atoms with Gasteiger partial charge >= 0.3 is 0 Å². The quantitative estimate of drug-likeness (QED) is 0.859. The van der Waals surface area contributed by atoms with Gasteiger partial charge in [0.25, 0.3) is 0 Å². The maximum absolute atomic E-state index is 14.0. The molecule has 0 atom stereocenters. The summed E-state index contributed by atoms with van der Waals surface area (Å²) in [7, 11) is 0. The zero-order chi connectivity index (χ0) is 13.1. The summed E-state index contributed by atoms with van der Waals surface area (Å²) < 4.78 is 14.0. The largest absolute Gasteiger partial charge is 0.330 e. The maximum atomic E-state index is 14.0. The van der Waals surface area contributed by atoms with E-state index in [1.54, 1.807) is 19.1 Å². The Kier molecular flexibility index (Phi) is 4.15. The van der Waals surface area contributed by atoms with Crippen molar-refractivity contribution >= 4 is 22.5 Å². The molecule has 0 aliphatic rings. The van der Waals surface area contributed by atoms with Gasteiger partial charge in [-0.15, -0.1) is 0 Å². The van der Waals surface area contributed by atoms with Crippen LogP contribution in [0.2, 0.25) is 5.02 Å². The van der Waals surface area contributed by atoms with Crippen LogP contribution in [0.25, 0.3) is 10.9 Å². The Labute approximate surface area is 111 Å². The molecule has 0 saturated heterocycles. The molecule has 1 aromatic heterocycles. The van der Waals surface area contributed by atoms with Crippen molar-refractivity contribution in [1.82, 2.24) is 4.98 Å². The molecule has 2 nitrogen and oxygen atoms in total. The van der Waals surface area contributed by atoms with Gasteiger partial charge in [0.05, 0.1) is 5.02 Å². The van der Waals surface area contributed by atoms with Gasteiger partial charge in [0.1, 0.15) is 11.3 Å². The number of aromatic nitrogens is 1. The third-order valence-corrected chi connectivity index (χ3v) is 3.24. The van der Waals surface area contributed by atoms with Crippen molar-refractivity contribution in [3.05, 3.63) is 40.3 Å². The van der Waals surface area contributed by atoms with Gasteiger partial charge in [-0.3, -0.25) is 0 Å². The molecule has 4 heteroatoms. The fourth-order valence-corrected chi connectivity index (χ4v) is 2.34. The van der Waals surface area contributed by atoms with E-state index in [1.807, 2.05) is 6.07 Å². The number of fused-ring (bicyclic) bond motifs is 1. The smallest absolute Gasteiger partial charge is 0.149 e. The Morgan fingerprint density at radius 1 is 1.28 bits per heavy atom. The molecule has 0 radical (unpaired) electrons. The highest BCUT2D eigenvalue weighted by molar-refractivity contribution is 6.35. The van der Waals surface area contributed by atoms with Gasteiger partial charge in [-0.1, -0.05) is 11.6 Å². The van der Waals surface area contributed by atoms with Crippen LogP contribution in [-0.2, 0) is 6.42 Å². The molecule has 1 heterocycles. The Bertz CT molecular complexity index is 569. The second kappa shape index (κ2) is 5.63. The molecular formula is C14H16ClFN2. The predicted octanol–water partition coefficient (Wildman–Crippen LogP) is 3.62. The minimum absolute atomic E-state index is 0.305. The number of unbranched alkanes of at least 4 members (excludes halogenated alkanes) is 1. The molecule has 0 aliphatic heterocycles. The molecular weight excluding hydrogens is 251 g/mol. The van der Waals surface area contributed by atoms with Gasteiger partial charge in [0, 0.05) is 11.1 Å². The molecule has 0 fully saturated rings. The van der Waals surface area contributed by atoms with Crippen LogP contribution in [0.3, 0.4) is 0 Å². The van der Waals surface area contributed by atoms with Gasteiger partial charge in [0.2, 0.25) is 0 Å². The molecule has 96 valence electrons. The van der Waals surface area contributed by atoms with Crippen LogP contribution in [0, 0.1) is 12.7 Å². The van der Waals surface area contributed by atoms with E-state index in [4.69, 9.17) is 17.3 Å². The number of hydrogen-bond donors (Lipinski definition) is 1. The van der Waals surface area contributed by atoms with Crippen LogP contribution in [0.1, 0.15) is 24.1 Å². The summed E-state index contributed by atoms with van der Waals surface area (Å²) in [5, 5.41) is 1.24. The van der Waals surface area contributed by atoms with E-state index < -0.39 is 0 Å². The van der Waals surface area contributed by atoms with Crippen molar-refractivity contribution in [2.24, 2.45) is 5.73 Å². The zero-order valence-corrected chi connectivity index (χ0v) is 11.1. The molecule has 2 rings (SSSR count). The van der Waals surface area contributed by atoms with Crippen molar-refractivity contribution < 1.29 is 4.39 Å².